The van der Waals surface area contributed by atoms with Crippen LogP contribution in [-0.2, 0) is 16.0 Å². The minimum atomic E-state index is -0.758. The quantitative estimate of drug-likeness (QED) is 0.277. The van der Waals surface area contributed by atoms with Gasteiger partial charge in [-0.05, 0) is 68.7 Å². The number of fused-ring (bicyclic) bond motifs is 1. The van der Waals surface area contributed by atoms with Crippen LogP contribution in [0.2, 0.25) is 0 Å². The lowest BCUT2D eigenvalue weighted by molar-refractivity contribution is -0.133. The average Bonchev–Trinajstić information content (AvgIpc) is 3.58. The number of likely N-dealkylation sites (N-methyl/N-ethyl adjacent to an activating group) is 1. The molecule has 1 aromatic heterocycles. The number of nitrogens with one attached hydrogen (secondary N) is 2. The summed E-state index contributed by atoms with van der Waals surface area (Å²) in [6.07, 6.45) is 4.53. The molecule has 3 aromatic rings. The van der Waals surface area contributed by atoms with Crippen molar-refractivity contribution in [1.82, 2.24) is 30.4 Å². The lowest BCUT2D eigenvalue weighted by atomic mass is 9.79. The van der Waals surface area contributed by atoms with E-state index < -0.39 is 12.0 Å². The zero-order valence-electron chi connectivity index (χ0n) is 29.3. The van der Waals surface area contributed by atoms with Gasteiger partial charge in [-0.15, -0.1) is 0 Å². The van der Waals surface area contributed by atoms with Crippen molar-refractivity contribution in [3.8, 4) is 17.4 Å². The molecule has 4 amide bonds. The van der Waals surface area contributed by atoms with E-state index in [2.05, 4.69) is 20.6 Å². The topological polar surface area (TPSA) is 152 Å². The Bertz CT molecular complexity index is 1650. The summed E-state index contributed by atoms with van der Waals surface area (Å²) in [5.41, 5.74) is 1.70. The van der Waals surface area contributed by atoms with Gasteiger partial charge in [-0.1, -0.05) is 30.3 Å². The standard InChI is InChI=1S/C37H46N6O7/c1-23(2)50-31-15-14-25(16-32(31)48-4)36(46)42-19-26-20-43(37(47)30-17-40-33(49-5)18-39-30)22-28(27(26)21-42)34(44)41-29(35(45)38-3)13-9-12-24-10-7-6-8-11-24/h6-8,10-11,14-18,23,26-29H,9,12-13,19-22H2,1-5H3,(H,38,45)(H,41,44)/t26?,27?,28?,29-/m0/s1. The van der Waals surface area contributed by atoms with Crippen LogP contribution in [0.4, 0.5) is 0 Å². The first-order chi connectivity index (χ1) is 24.1. The van der Waals surface area contributed by atoms with E-state index in [1.54, 1.807) is 35.0 Å². The zero-order chi connectivity index (χ0) is 35.8. The molecule has 2 aliphatic heterocycles. The molecule has 0 spiro atoms. The molecule has 2 N–H and O–H groups in total. The Hall–Kier alpha value is -5.20. The number of benzene rings is 2. The predicted octanol–water partition coefficient (Wildman–Crippen LogP) is 3.00. The van der Waals surface area contributed by atoms with Crippen molar-refractivity contribution in [2.24, 2.45) is 17.8 Å². The fraction of sp³-hybridized carbons (Fsp3) is 0.459. The van der Waals surface area contributed by atoms with E-state index >= 15 is 0 Å². The number of likely N-dealkylation sites (tertiary alicyclic amines) is 2. The lowest BCUT2D eigenvalue weighted by Crippen LogP contribution is -2.56. The molecule has 2 aromatic carbocycles. The molecule has 0 radical (unpaired) electrons. The third-order valence-electron chi connectivity index (χ3n) is 9.30. The molecule has 3 unspecified atom stereocenters. The van der Waals surface area contributed by atoms with Gasteiger partial charge in [-0.3, -0.25) is 19.2 Å². The number of aryl methyl sites for hydroxylation is 1. The van der Waals surface area contributed by atoms with Gasteiger partial charge in [0.1, 0.15) is 11.7 Å². The van der Waals surface area contributed by atoms with Crippen molar-refractivity contribution in [1.29, 1.82) is 0 Å². The van der Waals surface area contributed by atoms with Crippen LogP contribution in [0.1, 0.15) is 53.1 Å². The molecular formula is C37H46N6O7. The molecular weight excluding hydrogens is 640 g/mol. The minimum Gasteiger partial charge on any atom is -0.493 e. The molecule has 0 bridgehead atoms. The summed E-state index contributed by atoms with van der Waals surface area (Å²) in [5, 5.41) is 5.67. The summed E-state index contributed by atoms with van der Waals surface area (Å²) in [4.78, 5) is 66.4. The fourth-order valence-corrected chi connectivity index (χ4v) is 6.79. The maximum atomic E-state index is 14.1. The molecule has 13 heteroatoms. The molecule has 2 fully saturated rings. The molecule has 266 valence electrons. The van der Waals surface area contributed by atoms with Gasteiger partial charge in [-0.25, -0.2) is 9.97 Å². The average molecular weight is 687 g/mol. The van der Waals surface area contributed by atoms with Crippen LogP contribution in [0, 0.1) is 17.8 Å². The van der Waals surface area contributed by atoms with E-state index in [4.69, 9.17) is 14.2 Å². The highest BCUT2D eigenvalue weighted by atomic mass is 16.5. The largest absolute Gasteiger partial charge is 0.493 e. The Morgan fingerprint density at radius 3 is 2.26 bits per heavy atom. The van der Waals surface area contributed by atoms with Gasteiger partial charge in [0.05, 0.1) is 38.6 Å². The highest BCUT2D eigenvalue weighted by Gasteiger charge is 2.48. The van der Waals surface area contributed by atoms with Gasteiger partial charge in [0, 0.05) is 38.8 Å². The second kappa shape index (κ2) is 16.5. The third kappa shape index (κ3) is 8.50. The number of aromatic nitrogens is 2. The fourth-order valence-electron chi connectivity index (χ4n) is 6.79. The van der Waals surface area contributed by atoms with E-state index in [0.717, 1.165) is 12.0 Å². The summed E-state index contributed by atoms with van der Waals surface area (Å²) in [7, 11) is 4.53. The Morgan fingerprint density at radius 1 is 0.880 bits per heavy atom. The number of ether oxygens (including phenoxy) is 3. The van der Waals surface area contributed by atoms with Crippen LogP contribution in [0.25, 0.3) is 0 Å². The van der Waals surface area contributed by atoms with Crippen molar-refractivity contribution >= 4 is 23.6 Å². The number of rotatable bonds is 13. The van der Waals surface area contributed by atoms with Crippen LogP contribution < -0.4 is 24.8 Å². The summed E-state index contributed by atoms with van der Waals surface area (Å²) in [6.45, 7) is 4.90. The molecule has 50 heavy (non-hydrogen) atoms. The second-order valence-electron chi connectivity index (χ2n) is 13.0. The summed E-state index contributed by atoms with van der Waals surface area (Å²) in [5.74, 6) is -1.08. The molecule has 2 saturated heterocycles. The van der Waals surface area contributed by atoms with Gasteiger partial charge in [-0.2, -0.15) is 0 Å². The van der Waals surface area contributed by atoms with E-state index in [1.807, 2.05) is 44.2 Å². The maximum Gasteiger partial charge on any atom is 0.274 e. The summed E-state index contributed by atoms with van der Waals surface area (Å²) in [6, 6.07) is 14.3. The number of hydrogen-bond donors (Lipinski definition) is 2. The van der Waals surface area contributed by atoms with Crippen molar-refractivity contribution in [2.75, 3.05) is 47.4 Å². The normalized spacial score (nSPS) is 19.0. The Morgan fingerprint density at radius 2 is 1.62 bits per heavy atom. The molecule has 5 rings (SSSR count). The number of hydrogen-bond acceptors (Lipinski definition) is 9. The predicted molar refractivity (Wildman–Crippen MR) is 185 cm³/mol. The van der Waals surface area contributed by atoms with Crippen molar-refractivity contribution in [3.05, 3.63) is 77.7 Å². The van der Waals surface area contributed by atoms with E-state index in [-0.39, 0.29) is 59.7 Å². The van der Waals surface area contributed by atoms with Crippen LogP contribution in [0.3, 0.4) is 0 Å². The molecule has 2 aliphatic rings. The number of amides is 4. The zero-order valence-corrected chi connectivity index (χ0v) is 29.3. The maximum absolute atomic E-state index is 14.1. The van der Waals surface area contributed by atoms with Crippen LogP contribution in [-0.4, -0.2) is 103 Å². The van der Waals surface area contributed by atoms with Crippen LogP contribution >= 0.6 is 0 Å². The smallest absolute Gasteiger partial charge is 0.274 e. The minimum absolute atomic E-state index is 0.0725. The molecule has 0 saturated carbocycles. The van der Waals surface area contributed by atoms with Gasteiger partial charge >= 0.3 is 0 Å². The Balaban J connectivity index is 1.36. The van der Waals surface area contributed by atoms with Gasteiger partial charge < -0.3 is 34.6 Å². The first kappa shape index (κ1) is 36.1. The van der Waals surface area contributed by atoms with Crippen LogP contribution in [0.5, 0.6) is 17.4 Å². The SMILES string of the molecule is CNC(=O)[C@H](CCCc1ccccc1)NC(=O)C1CN(C(=O)c2cnc(OC)cn2)CC2CN(C(=O)c3ccc(OC(C)C)c(OC)c3)CC21. The number of piperidine rings is 1. The first-order valence-electron chi connectivity index (χ1n) is 17.0. The van der Waals surface area contributed by atoms with Crippen molar-refractivity contribution in [3.63, 3.8) is 0 Å². The monoisotopic (exact) mass is 686 g/mol. The molecule has 0 aliphatic carbocycles. The van der Waals surface area contributed by atoms with E-state index in [1.165, 1.54) is 26.6 Å². The van der Waals surface area contributed by atoms with Gasteiger partial charge in [0.25, 0.3) is 11.8 Å². The number of nitrogens with zero attached hydrogens (tertiary/aromatic N) is 4. The molecule has 4 atom stereocenters. The highest BCUT2D eigenvalue weighted by molar-refractivity contribution is 5.96. The number of carbonyl (C=O) groups is 4. The Labute approximate surface area is 292 Å². The highest BCUT2D eigenvalue weighted by Crippen LogP contribution is 2.37. The third-order valence-corrected chi connectivity index (χ3v) is 9.30. The number of methoxy groups -OCH3 is 2. The first-order valence-corrected chi connectivity index (χ1v) is 17.0. The molecule has 13 nitrogen and oxygen atoms in total. The van der Waals surface area contributed by atoms with Gasteiger partial charge in [0.15, 0.2) is 11.5 Å². The molecule has 3 heterocycles. The van der Waals surface area contributed by atoms with E-state index in [9.17, 15) is 19.2 Å². The second-order valence-corrected chi connectivity index (χ2v) is 13.0. The van der Waals surface area contributed by atoms with Crippen molar-refractivity contribution < 1.29 is 33.4 Å². The van der Waals surface area contributed by atoms with Gasteiger partial charge in [0.2, 0.25) is 17.7 Å². The Kier molecular flexibility index (Phi) is 11.9. The lowest BCUT2D eigenvalue weighted by Gasteiger charge is -2.39. The van der Waals surface area contributed by atoms with Crippen LogP contribution in [0.15, 0.2) is 60.9 Å². The van der Waals surface area contributed by atoms with Crippen molar-refractivity contribution in [2.45, 2.75) is 45.3 Å². The van der Waals surface area contributed by atoms with E-state index in [0.29, 0.717) is 49.5 Å². The number of carbonyl (C=O) groups excluding carboxylic acids is 4. The summed E-state index contributed by atoms with van der Waals surface area (Å²) >= 11 is 0. The summed E-state index contributed by atoms with van der Waals surface area (Å²) < 4.78 is 16.4.